The second kappa shape index (κ2) is 1.96. The van der Waals surface area contributed by atoms with Gasteiger partial charge < -0.3 is 10.7 Å². The molecule has 0 unspecified atom stereocenters. The number of hydrogen-bond acceptors (Lipinski definition) is 2. The Morgan fingerprint density at radius 3 is 2.62 bits per heavy atom. The number of aromatic nitrogens is 1. The molecule has 3 heteroatoms. The van der Waals surface area contributed by atoms with Crippen LogP contribution < -0.4 is 5.73 Å². The van der Waals surface area contributed by atoms with Crippen molar-refractivity contribution in [3.05, 3.63) is 22.8 Å². The molecule has 3 N–H and O–H groups in total. The van der Waals surface area contributed by atoms with Gasteiger partial charge in [0.15, 0.2) is 0 Å². The average molecular weight is 126 g/mol. The van der Waals surface area contributed by atoms with Gasteiger partial charge in [0.25, 0.3) is 0 Å². The van der Waals surface area contributed by atoms with E-state index in [-0.39, 0.29) is 0 Å². The first-order valence-corrected chi connectivity index (χ1v) is 2.65. The second-order valence-corrected chi connectivity index (χ2v) is 1.91. The predicted octanol–water partition coefficient (Wildman–Crippen LogP) is 1.33. The Kier molecular flexibility index (Phi) is 1.30. The van der Waals surface area contributed by atoms with Gasteiger partial charge >= 0.3 is 0 Å². The van der Waals surface area contributed by atoms with E-state index >= 15 is 0 Å². The molecule has 1 rings (SSSR count). The lowest BCUT2D eigenvalue weighted by Crippen LogP contribution is -1.86. The molecule has 0 aromatic carbocycles. The zero-order chi connectivity index (χ0) is 5.98. The van der Waals surface area contributed by atoms with Gasteiger partial charge in [0, 0.05) is 0 Å². The summed E-state index contributed by atoms with van der Waals surface area (Å²) in [4.78, 5) is 2.76. The van der Waals surface area contributed by atoms with Crippen molar-refractivity contribution in [2.24, 2.45) is 0 Å². The minimum atomic E-state index is 0.609. The van der Waals surface area contributed by atoms with Crippen LogP contribution in [0, 0.1) is 4.64 Å². The molecule has 0 saturated heterocycles. The zero-order valence-corrected chi connectivity index (χ0v) is 5.03. The number of nitrogens with one attached hydrogen (secondary N) is 1. The maximum atomic E-state index is 5.34. The fraction of sp³-hybridized carbons (Fsp3) is 0. The number of rotatable bonds is 0. The van der Waals surface area contributed by atoms with E-state index in [1.165, 1.54) is 0 Å². The highest BCUT2D eigenvalue weighted by atomic mass is 32.1. The van der Waals surface area contributed by atoms with Gasteiger partial charge in [0.05, 0.1) is 0 Å². The van der Waals surface area contributed by atoms with E-state index in [1.54, 1.807) is 12.1 Å². The van der Waals surface area contributed by atoms with Gasteiger partial charge in [-0.05, 0) is 12.1 Å². The fourth-order valence-corrected chi connectivity index (χ4v) is 0.661. The molecule has 0 bridgehead atoms. The topological polar surface area (TPSA) is 41.8 Å². The molecule has 0 aliphatic heterocycles. The summed E-state index contributed by atoms with van der Waals surface area (Å²) in [7, 11) is 0. The SMILES string of the molecule is Nc1cccc(=S)[nH]1. The molecule has 0 spiro atoms. The molecule has 1 heterocycles. The van der Waals surface area contributed by atoms with E-state index in [0.29, 0.717) is 10.5 Å². The Bertz CT molecular complexity index is 228. The molecule has 0 atom stereocenters. The number of nitrogens with two attached hydrogens (primary N) is 1. The van der Waals surface area contributed by atoms with Crippen LogP contribution in [0.4, 0.5) is 5.82 Å². The lowest BCUT2D eigenvalue weighted by molar-refractivity contribution is 1.31. The van der Waals surface area contributed by atoms with Crippen molar-refractivity contribution >= 4 is 18.0 Å². The highest BCUT2D eigenvalue weighted by Gasteiger charge is 1.76. The first-order valence-electron chi connectivity index (χ1n) is 2.24. The van der Waals surface area contributed by atoms with Gasteiger partial charge in [-0.25, -0.2) is 0 Å². The first kappa shape index (κ1) is 5.31. The highest BCUT2D eigenvalue weighted by molar-refractivity contribution is 7.71. The molecule has 0 aliphatic rings. The van der Waals surface area contributed by atoms with Crippen LogP contribution in [0.1, 0.15) is 0 Å². The summed E-state index contributed by atoms with van der Waals surface area (Å²) in [5.74, 6) is 0.609. The van der Waals surface area contributed by atoms with Crippen molar-refractivity contribution in [1.29, 1.82) is 0 Å². The summed E-state index contributed by atoms with van der Waals surface area (Å²) in [5, 5.41) is 0. The Morgan fingerprint density at radius 2 is 2.25 bits per heavy atom. The summed E-state index contributed by atoms with van der Waals surface area (Å²) in [5.41, 5.74) is 5.34. The van der Waals surface area contributed by atoms with Crippen LogP contribution in [0.3, 0.4) is 0 Å². The molecule has 0 amide bonds. The summed E-state index contributed by atoms with van der Waals surface area (Å²) >= 11 is 4.76. The Labute approximate surface area is 52.3 Å². The second-order valence-electron chi connectivity index (χ2n) is 1.47. The van der Waals surface area contributed by atoms with Crippen molar-refractivity contribution in [3.63, 3.8) is 0 Å². The summed E-state index contributed by atoms with van der Waals surface area (Å²) in [6.45, 7) is 0. The number of nitrogen functional groups attached to an aromatic ring is 1. The van der Waals surface area contributed by atoms with Crippen LogP contribution in [0.5, 0.6) is 0 Å². The number of hydrogen-bond donors (Lipinski definition) is 2. The molecule has 8 heavy (non-hydrogen) atoms. The molecule has 42 valence electrons. The molecule has 0 radical (unpaired) electrons. The number of anilines is 1. The van der Waals surface area contributed by atoms with Crippen LogP contribution in [-0.2, 0) is 0 Å². The zero-order valence-electron chi connectivity index (χ0n) is 4.22. The third-order valence-electron chi connectivity index (χ3n) is 0.791. The van der Waals surface area contributed by atoms with E-state index < -0.39 is 0 Å². The number of H-pyrrole nitrogens is 1. The fourth-order valence-electron chi connectivity index (χ4n) is 0.465. The van der Waals surface area contributed by atoms with Crippen molar-refractivity contribution in [1.82, 2.24) is 4.98 Å². The summed E-state index contributed by atoms with van der Waals surface area (Å²) < 4.78 is 0.671. The van der Waals surface area contributed by atoms with Gasteiger partial charge in [-0.2, -0.15) is 0 Å². The Balaban J connectivity index is 3.28. The smallest absolute Gasteiger partial charge is 0.104 e. The quantitative estimate of drug-likeness (QED) is 0.515. The van der Waals surface area contributed by atoms with Crippen LogP contribution in [0.25, 0.3) is 0 Å². The van der Waals surface area contributed by atoms with Crippen molar-refractivity contribution in [2.75, 3.05) is 5.73 Å². The number of pyridine rings is 1. The predicted molar refractivity (Wildman–Crippen MR) is 36.0 cm³/mol. The average Bonchev–Trinajstić information content (AvgIpc) is 1.64. The van der Waals surface area contributed by atoms with Crippen LogP contribution in [-0.4, -0.2) is 4.98 Å². The Morgan fingerprint density at radius 1 is 1.50 bits per heavy atom. The van der Waals surface area contributed by atoms with E-state index in [0.717, 1.165) is 0 Å². The summed E-state index contributed by atoms with van der Waals surface area (Å²) in [6.07, 6.45) is 0. The normalized spacial score (nSPS) is 9.00. The van der Waals surface area contributed by atoms with E-state index in [2.05, 4.69) is 4.98 Å². The van der Waals surface area contributed by atoms with Gasteiger partial charge in [-0.1, -0.05) is 18.3 Å². The van der Waals surface area contributed by atoms with Crippen LogP contribution >= 0.6 is 12.2 Å². The van der Waals surface area contributed by atoms with Crippen molar-refractivity contribution < 1.29 is 0 Å². The van der Waals surface area contributed by atoms with E-state index in [4.69, 9.17) is 18.0 Å². The minimum Gasteiger partial charge on any atom is -0.385 e. The molecule has 0 fully saturated rings. The lowest BCUT2D eigenvalue weighted by atomic mass is 10.5. The molecule has 0 saturated carbocycles. The monoisotopic (exact) mass is 126 g/mol. The first-order chi connectivity index (χ1) is 3.79. The largest absolute Gasteiger partial charge is 0.385 e. The molecule has 1 aromatic heterocycles. The van der Waals surface area contributed by atoms with Gasteiger partial charge in [-0.15, -0.1) is 0 Å². The highest BCUT2D eigenvalue weighted by Crippen LogP contribution is 1.93. The van der Waals surface area contributed by atoms with E-state index in [9.17, 15) is 0 Å². The molecular formula is C5H6N2S. The van der Waals surface area contributed by atoms with Gasteiger partial charge in [0.2, 0.25) is 0 Å². The van der Waals surface area contributed by atoms with E-state index in [1.807, 2.05) is 6.07 Å². The van der Waals surface area contributed by atoms with Crippen molar-refractivity contribution in [2.45, 2.75) is 0 Å². The maximum absolute atomic E-state index is 5.34. The van der Waals surface area contributed by atoms with Crippen molar-refractivity contribution in [3.8, 4) is 0 Å². The Hall–Kier alpha value is -0.830. The van der Waals surface area contributed by atoms with Crippen LogP contribution in [0.2, 0.25) is 0 Å². The maximum Gasteiger partial charge on any atom is 0.104 e. The molecular weight excluding hydrogens is 120 g/mol. The number of aromatic amines is 1. The summed E-state index contributed by atoms with van der Waals surface area (Å²) in [6, 6.07) is 5.36. The third-order valence-corrected chi connectivity index (χ3v) is 1.03. The van der Waals surface area contributed by atoms with Gasteiger partial charge in [-0.3, -0.25) is 0 Å². The standard InChI is InChI=1S/C5H6N2S/c6-4-2-1-3-5(8)7-4/h1-3H,(H3,6,7,8). The lowest BCUT2D eigenvalue weighted by Gasteiger charge is -1.87. The minimum absolute atomic E-state index is 0.609. The molecule has 0 aliphatic carbocycles. The van der Waals surface area contributed by atoms with Crippen LogP contribution in [0.15, 0.2) is 18.2 Å². The molecule has 1 aromatic rings. The third kappa shape index (κ3) is 1.07. The van der Waals surface area contributed by atoms with Gasteiger partial charge in [0.1, 0.15) is 10.5 Å². The molecule has 2 nitrogen and oxygen atoms in total.